The molecule has 0 saturated carbocycles. The van der Waals surface area contributed by atoms with Crippen molar-refractivity contribution in [3.8, 4) is 0 Å². The highest BCUT2D eigenvalue weighted by Gasteiger charge is 2.44. The summed E-state index contributed by atoms with van der Waals surface area (Å²) < 4.78 is 11.7. The van der Waals surface area contributed by atoms with Gasteiger partial charge in [0.1, 0.15) is 18.3 Å². The van der Waals surface area contributed by atoms with Gasteiger partial charge in [-0.2, -0.15) is 0 Å². The molecule has 1 unspecified atom stereocenters. The molecule has 1 fully saturated rings. The van der Waals surface area contributed by atoms with Crippen molar-refractivity contribution in [2.75, 3.05) is 0 Å². The van der Waals surface area contributed by atoms with Crippen molar-refractivity contribution in [3.05, 3.63) is 47.5 Å². The average Bonchev–Trinajstić information content (AvgIpc) is 2.63. The Balaban J connectivity index is 2.23. The van der Waals surface area contributed by atoms with Crippen LogP contribution in [0.4, 0.5) is 0 Å². The SMILES string of the molecule is CC(C)=CC1OC(C)(C)O[C@@H]1[C@H](O)c1ccccc1. The Bertz CT molecular complexity index is 446. The van der Waals surface area contributed by atoms with Gasteiger partial charge in [-0.3, -0.25) is 0 Å². The van der Waals surface area contributed by atoms with Gasteiger partial charge in [0.05, 0.1) is 0 Å². The molecule has 2 rings (SSSR count). The summed E-state index contributed by atoms with van der Waals surface area (Å²) in [5.41, 5.74) is 2.00. The normalized spacial score (nSPS) is 27.0. The summed E-state index contributed by atoms with van der Waals surface area (Å²) in [5.74, 6) is -0.670. The van der Waals surface area contributed by atoms with E-state index in [0.29, 0.717) is 0 Å². The molecule has 0 aliphatic carbocycles. The number of benzene rings is 1. The number of allylic oxidation sites excluding steroid dienone is 1. The van der Waals surface area contributed by atoms with Crippen LogP contribution in [0.3, 0.4) is 0 Å². The Morgan fingerprint density at radius 3 is 2.42 bits per heavy atom. The molecule has 3 nitrogen and oxygen atoms in total. The maximum Gasteiger partial charge on any atom is 0.164 e. The van der Waals surface area contributed by atoms with Crippen LogP contribution in [0.2, 0.25) is 0 Å². The minimum absolute atomic E-state index is 0.227. The lowest BCUT2D eigenvalue weighted by Gasteiger charge is -2.21. The molecule has 1 aromatic rings. The first-order valence-corrected chi connectivity index (χ1v) is 6.63. The zero-order valence-electron chi connectivity index (χ0n) is 12.0. The monoisotopic (exact) mass is 262 g/mol. The van der Waals surface area contributed by atoms with Crippen LogP contribution < -0.4 is 0 Å². The largest absolute Gasteiger partial charge is 0.386 e. The van der Waals surface area contributed by atoms with Crippen molar-refractivity contribution >= 4 is 0 Å². The summed E-state index contributed by atoms with van der Waals surface area (Å²) in [7, 11) is 0. The number of hydrogen-bond donors (Lipinski definition) is 1. The maximum absolute atomic E-state index is 10.5. The third kappa shape index (κ3) is 3.44. The highest BCUT2D eigenvalue weighted by Crippen LogP contribution is 2.36. The first-order chi connectivity index (χ1) is 8.89. The fraction of sp³-hybridized carbons (Fsp3) is 0.500. The third-order valence-electron chi connectivity index (χ3n) is 3.11. The van der Waals surface area contributed by atoms with Gasteiger partial charge in [-0.25, -0.2) is 0 Å². The molecule has 0 aromatic heterocycles. The molecule has 104 valence electrons. The summed E-state index contributed by atoms with van der Waals surface area (Å²) in [6.07, 6.45) is 0.706. The van der Waals surface area contributed by atoms with Crippen LogP contribution in [-0.2, 0) is 9.47 Å². The van der Waals surface area contributed by atoms with Crippen molar-refractivity contribution in [1.29, 1.82) is 0 Å². The molecule has 1 aliphatic heterocycles. The van der Waals surface area contributed by atoms with Crippen molar-refractivity contribution in [2.45, 2.75) is 51.8 Å². The number of rotatable bonds is 3. The molecule has 0 spiro atoms. The summed E-state index contributed by atoms with van der Waals surface area (Å²) in [5, 5.41) is 10.5. The Kier molecular flexibility index (Phi) is 4.09. The van der Waals surface area contributed by atoms with E-state index in [-0.39, 0.29) is 12.2 Å². The summed E-state index contributed by atoms with van der Waals surface area (Å²) in [6, 6.07) is 9.56. The van der Waals surface area contributed by atoms with Crippen molar-refractivity contribution < 1.29 is 14.6 Å². The van der Waals surface area contributed by atoms with Gasteiger partial charge in [-0.05, 0) is 33.3 Å². The molecule has 1 heterocycles. The van der Waals surface area contributed by atoms with E-state index < -0.39 is 11.9 Å². The number of aliphatic hydroxyl groups is 1. The number of aliphatic hydroxyl groups excluding tert-OH is 1. The van der Waals surface area contributed by atoms with Crippen LogP contribution in [-0.4, -0.2) is 23.1 Å². The van der Waals surface area contributed by atoms with Gasteiger partial charge >= 0.3 is 0 Å². The van der Waals surface area contributed by atoms with E-state index >= 15 is 0 Å². The first-order valence-electron chi connectivity index (χ1n) is 6.63. The molecule has 1 aromatic carbocycles. The lowest BCUT2D eigenvalue weighted by Crippen LogP contribution is -2.28. The molecule has 0 bridgehead atoms. The highest BCUT2D eigenvalue weighted by atomic mass is 16.8. The van der Waals surface area contributed by atoms with E-state index in [0.717, 1.165) is 11.1 Å². The lowest BCUT2D eigenvalue weighted by molar-refractivity contribution is -0.153. The lowest BCUT2D eigenvalue weighted by atomic mass is 9.99. The number of hydrogen-bond acceptors (Lipinski definition) is 3. The topological polar surface area (TPSA) is 38.7 Å². The average molecular weight is 262 g/mol. The zero-order valence-corrected chi connectivity index (χ0v) is 12.0. The van der Waals surface area contributed by atoms with Crippen LogP contribution in [0.1, 0.15) is 39.4 Å². The van der Waals surface area contributed by atoms with E-state index in [4.69, 9.17) is 9.47 Å². The molecule has 1 aliphatic rings. The summed E-state index contributed by atoms with van der Waals surface area (Å²) in [4.78, 5) is 0. The van der Waals surface area contributed by atoms with E-state index in [1.165, 1.54) is 0 Å². The van der Waals surface area contributed by atoms with Crippen molar-refractivity contribution in [1.82, 2.24) is 0 Å². The van der Waals surface area contributed by atoms with Gasteiger partial charge in [0, 0.05) is 0 Å². The number of ether oxygens (including phenoxy) is 2. The van der Waals surface area contributed by atoms with Crippen LogP contribution in [0, 0.1) is 0 Å². The molecule has 0 amide bonds. The smallest absolute Gasteiger partial charge is 0.164 e. The van der Waals surface area contributed by atoms with Gasteiger partial charge in [0.25, 0.3) is 0 Å². The predicted octanol–water partition coefficient (Wildman–Crippen LogP) is 3.21. The zero-order chi connectivity index (χ0) is 14.0. The van der Waals surface area contributed by atoms with Crippen LogP contribution >= 0.6 is 0 Å². The molecule has 3 atom stereocenters. The van der Waals surface area contributed by atoms with Gasteiger partial charge in [0.15, 0.2) is 5.79 Å². The van der Waals surface area contributed by atoms with Gasteiger partial charge in [0.2, 0.25) is 0 Å². The Hall–Kier alpha value is -1.16. The molecule has 1 saturated heterocycles. The third-order valence-corrected chi connectivity index (χ3v) is 3.11. The van der Waals surface area contributed by atoms with E-state index in [2.05, 4.69) is 0 Å². The summed E-state index contributed by atoms with van der Waals surface area (Å²) >= 11 is 0. The van der Waals surface area contributed by atoms with Crippen molar-refractivity contribution in [2.24, 2.45) is 0 Å². The molecular weight excluding hydrogens is 240 g/mol. The van der Waals surface area contributed by atoms with Crippen LogP contribution in [0.25, 0.3) is 0 Å². The first kappa shape index (κ1) is 14.3. The van der Waals surface area contributed by atoms with Gasteiger partial charge in [-0.15, -0.1) is 0 Å². The predicted molar refractivity (Wildman–Crippen MR) is 74.7 cm³/mol. The Labute approximate surface area is 114 Å². The molecule has 1 N–H and O–H groups in total. The van der Waals surface area contributed by atoms with E-state index in [9.17, 15) is 5.11 Å². The van der Waals surface area contributed by atoms with Crippen LogP contribution in [0.15, 0.2) is 42.0 Å². The van der Waals surface area contributed by atoms with Crippen molar-refractivity contribution in [3.63, 3.8) is 0 Å². The highest BCUT2D eigenvalue weighted by molar-refractivity contribution is 5.20. The molecule has 0 radical (unpaired) electrons. The second kappa shape index (κ2) is 5.45. The second-order valence-electron chi connectivity index (χ2n) is 5.66. The minimum Gasteiger partial charge on any atom is -0.386 e. The summed E-state index contributed by atoms with van der Waals surface area (Å²) in [6.45, 7) is 7.77. The second-order valence-corrected chi connectivity index (χ2v) is 5.66. The molecular formula is C16H22O3. The van der Waals surface area contributed by atoms with E-state index in [1.54, 1.807) is 0 Å². The fourth-order valence-corrected chi connectivity index (χ4v) is 2.36. The quantitative estimate of drug-likeness (QED) is 0.850. The van der Waals surface area contributed by atoms with E-state index in [1.807, 2.05) is 64.1 Å². The van der Waals surface area contributed by atoms with Crippen LogP contribution in [0.5, 0.6) is 0 Å². The maximum atomic E-state index is 10.5. The standard InChI is InChI=1S/C16H22O3/c1-11(2)10-13-15(19-16(3,4)18-13)14(17)12-8-6-5-7-9-12/h5-10,13-15,17H,1-4H3/t13?,14-,15+/m1/s1. The molecule has 19 heavy (non-hydrogen) atoms. The Morgan fingerprint density at radius 2 is 1.84 bits per heavy atom. The minimum atomic E-state index is -0.691. The fourth-order valence-electron chi connectivity index (χ4n) is 2.36. The van der Waals surface area contributed by atoms with Gasteiger partial charge in [-0.1, -0.05) is 42.0 Å². The Morgan fingerprint density at radius 1 is 1.21 bits per heavy atom. The molecule has 3 heteroatoms. The van der Waals surface area contributed by atoms with Gasteiger partial charge < -0.3 is 14.6 Å².